The number of hydrogen-bond acceptors (Lipinski definition) is 2. The second-order valence-electron chi connectivity index (χ2n) is 2.75. The van der Waals surface area contributed by atoms with E-state index in [1.807, 2.05) is 18.8 Å². The molecule has 0 unspecified atom stereocenters. The van der Waals surface area contributed by atoms with Crippen LogP contribution in [0.1, 0.15) is 20.8 Å². The van der Waals surface area contributed by atoms with Crippen molar-refractivity contribution in [2.75, 3.05) is 12.9 Å². The molecule has 0 aliphatic heterocycles. The van der Waals surface area contributed by atoms with Gasteiger partial charge in [0.15, 0.2) is 0 Å². The van der Waals surface area contributed by atoms with Gasteiger partial charge in [-0.3, -0.25) is 0 Å². The van der Waals surface area contributed by atoms with Crippen LogP contribution >= 0.6 is 24.2 Å². The van der Waals surface area contributed by atoms with E-state index in [1.165, 1.54) is 0 Å². The first-order valence-corrected chi connectivity index (χ1v) is 3.83. The Labute approximate surface area is 68.4 Å². The van der Waals surface area contributed by atoms with E-state index >= 15 is 0 Å². The largest absolute Gasteiger partial charge is 0.311 e. The summed E-state index contributed by atoms with van der Waals surface area (Å²) < 4.78 is 0.406. The Morgan fingerprint density at radius 3 is 1.89 bits per heavy atom. The number of thioether (sulfide) groups is 1. The van der Waals surface area contributed by atoms with Crippen LogP contribution in [0.4, 0.5) is 0 Å². The van der Waals surface area contributed by atoms with Crippen molar-refractivity contribution < 1.29 is 0 Å². The van der Waals surface area contributed by atoms with Crippen molar-refractivity contribution in [3.63, 3.8) is 0 Å². The van der Waals surface area contributed by atoms with Gasteiger partial charge in [-0.25, -0.2) is 0 Å². The van der Waals surface area contributed by atoms with Crippen LogP contribution in [-0.2, 0) is 0 Å². The summed E-state index contributed by atoms with van der Waals surface area (Å²) in [6, 6.07) is 0. The van der Waals surface area contributed by atoms with E-state index in [4.69, 9.17) is 0 Å². The highest BCUT2D eigenvalue weighted by atomic mass is 35.5. The molecular formula is C6H16ClNS. The third-order valence-corrected chi connectivity index (χ3v) is 1.95. The lowest BCUT2D eigenvalue weighted by Gasteiger charge is -2.16. The Morgan fingerprint density at radius 2 is 1.78 bits per heavy atom. The highest BCUT2D eigenvalue weighted by molar-refractivity contribution is 8.00. The van der Waals surface area contributed by atoms with Crippen LogP contribution in [0.3, 0.4) is 0 Å². The fraction of sp³-hybridized carbons (Fsp3) is 1.00. The van der Waals surface area contributed by atoms with Crippen LogP contribution in [0.15, 0.2) is 0 Å². The maximum atomic E-state index is 3.09. The standard InChI is InChI=1S/C6H15NS.ClH/c1-6(2,3)8-5-7-4;/h7H,5H2,1-4H3;1H. The van der Waals surface area contributed by atoms with E-state index in [0.29, 0.717) is 4.75 Å². The van der Waals surface area contributed by atoms with Crippen LogP contribution in [-0.4, -0.2) is 17.7 Å². The number of rotatable bonds is 2. The van der Waals surface area contributed by atoms with E-state index in [9.17, 15) is 0 Å². The Balaban J connectivity index is 0. The minimum absolute atomic E-state index is 0. The summed E-state index contributed by atoms with van der Waals surface area (Å²) in [6.07, 6.45) is 0. The summed E-state index contributed by atoms with van der Waals surface area (Å²) in [5, 5.41) is 3.09. The van der Waals surface area contributed by atoms with E-state index in [1.54, 1.807) is 0 Å². The van der Waals surface area contributed by atoms with Crippen molar-refractivity contribution in [3.05, 3.63) is 0 Å². The zero-order chi connectivity index (χ0) is 6.62. The molecule has 0 heterocycles. The van der Waals surface area contributed by atoms with Crippen LogP contribution in [0, 0.1) is 0 Å². The molecule has 0 aliphatic carbocycles. The summed E-state index contributed by atoms with van der Waals surface area (Å²) in [6.45, 7) is 6.65. The highest BCUT2D eigenvalue weighted by Crippen LogP contribution is 2.20. The molecule has 0 rings (SSSR count). The monoisotopic (exact) mass is 169 g/mol. The third kappa shape index (κ3) is 11.9. The normalized spacial score (nSPS) is 10.7. The number of halogens is 1. The molecule has 1 nitrogen and oxygen atoms in total. The van der Waals surface area contributed by atoms with Crippen molar-refractivity contribution in [3.8, 4) is 0 Å². The first-order valence-electron chi connectivity index (χ1n) is 2.85. The predicted octanol–water partition coefficient (Wildman–Crippen LogP) is 2.12. The fourth-order valence-corrected chi connectivity index (χ4v) is 0.866. The van der Waals surface area contributed by atoms with Gasteiger partial charge in [-0.15, -0.1) is 24.2 Å². The van der Waals surface area contributed by atoms with Gasteiger partial charge in [0.2, 0.25) is 0 Å². The molecule has 0 saturated carbocycles. The van der Waals surface area contributed by atoms with E-state index in [2.05, 4.69) is 26.1 Å². The quantitative estimate of drug-likeness (QED) is 0.636. The molecule has 0 spiro atoms. The zero-order valence-electron chi connectivity index (χ0n) is 6.52. The summed E-state index contributed by atoms with van der Waals surface area (Å²) in [5.41, 5.74) is 0. The molecular weight excluding hydrogens is 154 g/mol. The van der Waals surface area contributed by atoms with E-state index < -0.39 is 0 Å². The number of nitrogens with one attached hydrogen (secondary N) is 1. The Morgan fingerprint density at radius 1 is 1.33 bits per heavy atom. The van der Waals surface area contributed by atoms with Gasteiger partial charge in [-0.1, -0.05) is 20.8 Å². The smallest absolute Gasteiger partial charge is 0.0420 e. The Kier molecular flexibility index (Phi) is 7.36. The molecule has 3 heteroatoms. The molecule has 58 valence electrons. The van der Waals surface area contributed by atoms with Crippen LogP contribution in [0.2, 0.25) is 0 Å². The molecule has 0 radical (unpaired) electrons. The van der Waals surface area contributed by atoms with Gasteiger partial charge in [-0.05, 0) is 7.05 Å². The van der Waals surface area contributed by atoms with Crippen LogP contribution in [0.25, 0.3) is 0 Å². The molecule has 0 atom stereocenters. The SMILES string of the molecule is CNCSC(C)(C)C.Cl. The van der Waals surface area contributed by atoms with Gasteiger partial charge in [0, 0.05) is 10.6 Å². The first-order chi connectivity index (χ1) is 3.56. The van der Waals surface area contributed by atoms with Gasteiger partial charge in [0.05, 0.1) is 0 Å². The lowest BCUT2D eigenvalue weighted by molar-refractivity contribution is 0.796. The van der Waals surface area contributed by atoms with E-state index in [0.717, 1.165) is 5.88 Å². The van der Waals surface area contributed by atoms with Gasteiger partial charge in [-0.2, -0.15) is 0 Å². The molecule has 0 aliphatic rings. The lowest BCUT2D eigenvalue weighted by Crippen LogP contribution is -2.14. The maximum absolute atomic E-state index is 3.09. The van der Waals surface area contributed by atoms with Crippen molar-refractivity contribution in [1.29, 1.82) is 0 Å². The predicted molar refractivity (Wildman–Crippen MR) is 48.5 cm³/mol. The first kappa shape index (κ1) is 12.3. The zero-order valence-corrected chi connectivity index (χ0v) is 8.16. The van der Waals surface area contributed by atoms with Crippen molar-refractivity contribution in [2.24, 2.45) is 0 Å². The topological polar surface area (TPSA) is 12.0 Å². The van der Waals surface area contributed by atoms with E-state index in [-0.39, 0.29) is 12.4 Å². The summed E-state index contributed by atoms with van der Waals surface area (Å²) >= 11 is 1.92. The van der Waals surface area contributed by atoms with Gasteiger partial charge >= 0.3 is 0 Å². The molecule has 1 N–H and O–H groups in total. The minimum atomic E-state index is 0. The van der Waals surface area contributed by atoms with Gasteiger partial charge in [0.25, 0.3) is 0 Å². The molecule has 0 aromatic carbocycles. The Hall–Kier alpha value is 0.600. The highest BCUT2D eigenvalue weighted by Gasteiger charge is 2.07. The van der Waals surface area contributed by atoms with Gasteiger partial charge < -0.3 is 5.32 Å². The Bertz CT molecular complexity index is 60.6. The average Bonchev–Trinajstić information content (AvgIpc) is 1.59. The van der Waals surface area contributed by atoms with Crippen molar-refractivity contribution >= 4 is 24.2 Å². The fourth-order valence-electron chi connectivity index (χ4n) is 0.289. The molecule has 0 saturated heterocycles. The minimum Gasteiger partial charge on any atom is -0.311 e. The molecule has 0 bridgehead atoms. The van der Waals surface area contributed by atoms with Gasteiger partial charge in [0.1, 0.15) is 0 Å². The molecule has 0 aromatic rings. The average molecular weight is 170 g/mol. The summed E-state index contributed by atoms with van der Waals surface area (Å²) in [7, 11) is 1.97. The lowest BCUT2D eigenvalue weighted by atomic mass is 10.3. The maximum Gasteiger partial charge on any atom is 0.0420 e. The second-order valence-corrected chi connectivity index (χ2v) is 4.56. The molecule has 0 amide bonds. The van der Waals surface area contributed by atoms with Crippen LogP contribution < -0.4 is 5.32 Å². The van der Waals surface area contributed by atoms with Crippen molar-refractivity contribution in [1.82, 2.24) is 5.32 Å². The summed E-state index contributed by atoms with van der Waals surface area (Å²) in [5.74, 6) is 1.05. The molecule has 0 fully saturated rings. The third-order valence-electron chi connectivity index (χ3n) is 0.650. The van der Waals surface area contributed by atoms with Crippen molar-refractivity contribution in [2.45, 2.75) is 25.5 Å². The molecule has 0 aromatic heterocycles. The number of hydrogen-bond donors (Lipinski definition) is 1. The molecule has 9 heavy (non-hydrogen) atoms. The summed E-state index contributed by atoms with van der Waals surface area (Å²) in [4.78, 5) is 0. The van der Waals surface area contributed by atoms with Crippen LogP contribution in [0.5, 0.6) is 0 Å². The second kappa shape index (κ2) is 5.39.